The molecule has 0 radical (unpaired) electrons. The maximum absolute atomic E-state index is 13.6. The summed E-state index contributed by atoms with van der Waals surface area (Å²) in [6.45, 7) is 3.73. The Kier molecular flexibility index (Phi) is 7.17. The van der Waals surface area contributed by atoms with E-state index in [1.807, 2.05) is 37.3 Å². The van der Waals surface area contributed by atoms with Crippen LogP contribution >= 0.6 is 0 Å². The maximum atomic E-state index is 13.6. The zero-order chi connectivity index (χ0) is 25.3. The second kappa shape index (κ2) is 10.3. The SMILES string of the molecule is COc1cccc(-c2ccc([C@@H]3[C@@H](CO)N4CCCCN(S(=O)(=O)c5ccccc5C)C[C@@H]34)cc2)c1. The van der Waals surface area contributed by atoms with Crippen LogP contribution in [0, 0.1) is 6.92 Å². The summed E-state index contributed by atoms with van der Waals surface area (Å²) in [5.41, 5.74) is 4.07. The van der Waals surface area contributed by atoms with Crippen LogP contribution in [-0.2, 0) is 10.0 Å². The number of sulfonamides is 1. The first-order valence-electron chi connectivity index (χ1n) is 12.6. The molecular weight excluding hydrogens is 472 g/mol. The molecule has 190 valence electrons. The van der Waals surface area contributed by atoms with Crippen LogP contribution in [0.1, 0.15) is 29.9 Å². The summed E-state index contributed by atoms with van der Waals surface area (Å²) in [6.07, 6.45) is 1.72. The monoisotopic (exact) mass is 506 g/mol. The lowest BCUT2D eigenvalue weighted by Crippen LogP contribution is -2.67. The Labute approximate surface area is 214 Å². The molecule has 2 heterocycles. The highest BCUT2D eigenvalue weighted by atomic mass is 32.2. The summed E-state index contributed by atoms with van der Waals surface area (Å²) in [5, 5.41) is 10.3. The number of methoxy groups -OCH3 is 1. The fourth-order valence-corrected chi connectivity index (χ4v) is 7.53. The molecule has 7 heteroatoms. The van der Waals surface area contributed by atoms with Crippen LogP contribution in [0.25, 0.3) is 11.1 Å². The molecule has 0 spiro atoms. The van der Waals surface area contributed by atoms with E-state index in [2.05, 4.69) is 35.2 Å². The van der Waals surface area contributed by atoms with Gasteiger partial charge < -0.3 is 9.84 Å². The smallest absolute Gasteiger partial charge is 0.243 e. The van der Waals surface area contributed by atoms with Crippen LogP contribution < -0.4 is 4.74 Å². The zero-order valence-corrected chi connectivity index (χ0v) is 21.7. The lowest BCUT2D eigenvalue weighted by Gasteiger charge is -2.57. The van der Waals surface area contributed by atoms with Crippen LogP contribution in [0.5, 0.6) is 5.75 Å². The summed E-state index contributed by atoms with van der Waals surface area (Å²) in [5.74, 6) is 0.887. The van der Waals surface area contributed by atoms with Crippen LogP contribution in [0.4, 0.5) is 0 Å². The molecular formula is C29H34N2O4S. The predicted octanol–water partition coefficient (Wildman–Crippen LogP) is 4.28. The van der Waals surface area contributed by atoms with Crippen molar-refractivity contribution >= 4 is 10.0 Å². The number of ether oxygens (including phenoxy) is 1. The number of nitrogens with zero attached hydrogens (tertiary/aromatic N) is 2. The topological polar surface area (TPSA) is 70.1 Å². The third-order valence-corrected chi connectivity index (χ3v) is 9.77. The van der Waals surface area contributed by atoms with E-state index in [4.69, 9.17) is 4.74 Å². The zero-order valence-electron chi connectivity index (χ0n) is 20.9. The Hall–Kier alpha value is -2.71. The highest BCUT2D eigenvalue weighted by Crippen LogP contribution is 2.43. The van der Waals surface area contributed by atoms with Crippen molar-refractivity contribution in [1.82, 2.24) is 9.21 Å². The Bertz CT molecular complexity index is 1310. The summed E-state index contributed by atoms with van der Waals surface area (Å²) in [6, 6.07) is 23.7. The first kappa shape index (κ1) is 25.0. The molecule has 2 aliphatic rings. The minimum Gasteiger partial charge on any atom is -0.497 e. The predicted molar refractivity (Wildman–Crippen MR) is 142 cm³/mol. The number of hydrogen-bond acceptors (Lipinski definition) is 5. The molecule has 0 saturated carbocycles. The van der Waals surface area contributed by atoms with Gasteiger partial charge in [0.05, 0.1) is 18.6 Å². The van der Waals surface area contributed by atoms with E-state index in [9.17, 15) is 13.5 Å². The Morgan fingerprint density at radius 2 is 1.69 bits per heavy atom. The molecule has 5 rings (SSSR count). The standard InChI is InChI=1S/C29H34N2O4S/c1-21-8-3-4-11-28(21)36(33,34)30-16-5-6-17-31-26(19-30)29(27(31)20-32)23-14-12-22(13-15-23)24-9-7-10-25(18-24)35-2/h3-4,7-15,18,26-27,29,32H,5-6,16-17,19-20H2,1-2H3/t26-,27+,29-/m0/s1. The Morgan fingerprint density at radius 3 is 2.42 bits per heavy atom. The van der Waals surface area contributed by atoms with Crippen molar-refractivity contribution in [2.45, 2.75) is 42.7 Å². The Morgan fingerprint density at radius 1 is 0.944 bits per heavy atom. The molecule has 36 heavy (non-hydrogen) atoms. The van der Waals surface area contributed by atoms with Crippen LogP contribution in [0.3, 0.4) is 0 Å². The van der Waals surface area contributed by atoms with E-state index in [0.29, 0.717) is 18.0 Å². The minimum atomic E-state index is -3.60. The molecule has 2 saturated heterocycles. The van der Waals surface area contributed by atoms with Crippen LogP contribution in [-0.4, -0.2) is 68.2 Å². The third kappa shape index (κ3) is 4.57. The second-order valence-corrected chi connectivity index (χ2v) is 11.7. The van der Waals surface area contributed by atoms with E-state index in [0.717, 1.165) is 47.4 Å². The summed E-state index contributed by atoms with van der Waals surface area (Å²) < 4.78 is 34.3. The molecule has 3 atom stereocenters. The highest BCUT2D eigenvalue weighted by Gasteiger charge is 2.50. The van der Waals surface area contributed by atoms with Gasteiger partial charge in [-0.25, -0.2) is 8.42 Å². The lowest BCUT2D eigenvalue weighted by atomic mass is 9.74. The van der Waals surface area contributed by atoms with E-state index >= 15 is 0 Å². The van der Waals surface area contributed by atoms with Gasteiger partial charge in [0.1, 0.15) is 5.75 Å². The van der Waals surface area contributed by atoms with Gasteiger partial charge in [0.25, 0.3) is 0 Å². The first-order valence-corrected chi connectivity index (χ1v) is 14.0. The number of aryl methyl sites for hydroxylation is 1. The van der Waals surface area contributed by atoms with Crippen molar-refractivity contribution in [1.29, 1.82) is 0 Å². The molecule has 2 aliphatic heterocycles. The molecule has 6 nitrogen and oxygen atoms in total. The van der Waals surface area contributed by atoms with Crippen molar-refractivity contribution in [3.05, 3.63) is 83.9 Å². The van der Waals surface area contributed by atoms with E-state index in [-0.39, 0.29) is 24.6 Å². The number of benzene rings is 3. The molecule has 2 fully saturated rings. The molecule has 0 unspecified atom stereocenters. The average Bonchev–Trinajstić information content (AvgIpc) is 2.88. The van der Waals surface area contributed by atoms with Crippen molar-refractivity contribution in [2.24, 2.45) is 0 Å². The molecule has 3 aromatic carbocycles. The van der Waals surface area contributed by atoms with Gasteiger partial charge in [0.15, 0.2) is 0 Å². The minimum absolute atomic E-state index is 0.00113. The number of aliphatic hydroxyl groups excluding tert-OH is 1. The molecule has 0 amide bonds. The normalized spacial score (nSPS) is 23.2. The molecule has 1 N–H and O–H groups in total. The Balaban J connectivity index is 1.43. The first-order chi connectivity index (χ1) is 17.4. The van der Waals surface area contributed by atoms with E-state index in [1.54, 1.807) is 23.5 Å². The van der Waals surface area contributed by atoms with Gasteiger partial charge in [0, 0.05) is 31.1 Å². The quantitative estimate of drug-likeness (QED) is 0.540. The number of rotatable bonds is 6. The van der Waals surface area contributed by atoms with Crippen molar-refractivity contribution in [3.8, 4) is 16.9 Å². The van der Waals surface area contributed by atoms with Crippen molar-refractivity contribution < 1.29 is 18.3 Å². The van der Waals surface area contributed by atoms with Crippen molar-refractivity contribution in [3.63, 3.8) is 0 Å². The van der Waals surface area contributed by atoms with E-state index in [1.165, 1.54) is 0 Å². The maximum Gasteiger partial charge on any atom is 0.243 e. The molecule has 0 bridgehead atoms. The molecule has 0 aromatic heterocycles. The van der Waals surface area contributed by atoms with Gasteiger partial charge in [-0.15, -0.1) is 0 Å². The average molecular weight is 507 g/mol. The number of fused-ring (bicyclic) bond motifs is 1. The summed E-state index contributed by atoms with van der Waals surface area (Å²) in [4.78, 5) is 2.69. The lowest BCUT2D eigenvalue weighted by molar-refractivity contribution is -0.0553. The van der Waals surface area contributed by atoms with Gasteiger partial charge in [-0.05, 0) is 66.8 Å². The van der Waals surface area contributed by atoms with Crippen LogP contribution in [0.15, 0.2) is 77.7 Å². The second-order valence-electron chi connectivity index (χ2n) is 9.77. The van der Waals surface area contributed by atoms with Gasteiger partial charge in [-0.2, -0.15) is 4.31 Å². The molecule has 0 aliphatic carbocycles. The van der Waals surface area contributed by atoms with Crippen molar-refractivity contribution in [2.75, 3.05) is 33.4 Å². The number of hydrogen-bond donors (Lipinski definition) is 1. The van der Waals surface area contributed by atoms with Gasteiger partial charge in [0.2, 0.25) is 10.0 Å². The third-order valence-electron chi connectivity index (χ3n) is 7.74. The van der Waals surface area contributed by atoms with Gasteiger partial charge >= 0.3 is 0 Å². The fraction of sp³-hybridized carbons (Fsp3) is 0.379. The van der Waals surface area contributed by atoms with Gasteiger partial charge in [-0.3, -0.25) is 4.90 Å². The van der Waals surface area contributed by atoms with Gasteiger partial charge in [-0.1, -0.05) is 54.6 Å². The fourth-order valence-electron chi connectivity index (χ4n) is 5.81. The largest absolute Gasteiger partial charge is 0.497 e. The van der Waals surface area contributed by atoms with E-state index < -0.39 is 10.0 Å². The summed E-state index contributed by atoms with van der Waals surface area (Å²) >= 11 is 0. The number of aliphatic hydroxyl groups is 1. The molecule has 3 aromatic rings. The highest BCUT2D eigenvalue weighted by molar-refractivity contribution is 7.89. The van der Waals surface area contributed by atoms with Crippen LogP contribution in [0.2, 0.25) is 0 Å². The summed E-state index contributed by atoms with van der Waals surface area (Å²) in [7, 11) is -1.94.